The van der Waals surface area contributed by atoms with Gasteiger partial charge in [-0.2, -0.15) is 0 Å². The molecule has 146 valence electrons. The zero-order valence-corrected chi connectivity index (χ0v) is 15.5. The Morgan fingerprint density at radius 2 is 1.85 bits per heavy atom. The third kappa shape index (κ3) is 6.90. The lowest BCUT2D eigenvalue weighted by Gasteiger charge is -2.25. The van der Waals surface area contributed by atoms with E-state index in [0.29, 0.717) is 6.42 Å². The molecule has 0 aliphatic carbocycles. The van der Waals surface area contributed by atoms with Crippen LogP contribution in [0.5, 0.6) is 0 Å². The van der Waals surface area contributed by atoms with Crippen LogP contribution in [-0.4, -0.2) is 60.2 Å². The first kappa shape index (κ1) is 21.7. The first-order valence-corrected chi connectivity index (χ1v) is 8.74. The lowest BCUT2D eigenvalue weighted by molar-refractivity contribution is -0.137. The Balaban J connectivity index is 2.94. The molecule has 0 aromatic rings. The van der Waals surface area contributed by atoms with Gasteiger partial charge in [0.05, 0.1) is 0 Å². The first-order valence-electron chi connectivity index (χ1n) is 8.22. The molecule has 11 heteroatoms. The topological polar surface area (TPSA) is 143 Å². The maximum Gasteiger partial charge on any atom is 0.294 e. The fourth-order valence-electron chi connectivity index (χ4n) is 2.34. The smallest absolute Gasteiger partial charge is 0.294 e. The van der Waals surface area contributed by atoms with Crippen LogP contribution in [0.1, 0.15) is 33.1 Å². The Hall–Kier alpha value is -2.30. The van der Waals surface area contributed by atoms with Gasteiger partial charge in [-0.05, 0) is 13.3 Å². The number of amides is 4. The van der Waals surface area contributed by atoms with E-state index in [4.69, 9.17) is 0 Å². The van der Waals surface area contributed by atoms with Gasteiger partial charge in [0.1, 0.15) is 6.04 Å². The highest BCUT2D eigenvalue weighted by molar-refractivity contribution is 7.80. The van der Waals surface area contributed by atoms with Crippen molar-refractivity contribution in [3.63, 3.8) is 0 Å². The molecule has 1 saturated heterocycles. The van der Waals surface area contributed by atoms with Gasteiger partial charge in [0.2, 0.25) is 23.6 Å². The molecule has 1 fully saturated rings. The molecule has 0 bridgehead atoms. The molecule has 0 saturated carbocycles. The van der Waals surface area contributed by atoms with Crippen LogP contribution < -0.4 is 21.3 Å². The SMILES string of the molecule is CC[C@@H]1NC(=O)CCNC(=O)C([C@@H](S)OC=O)NC(=O)CC(C)NC1=O. The van der Waals surface area contributed by atoms with E-state index in [1.807, 2.05) is 0 Å². The third-order valence-corrected chi connectivity index (χ3v) is 4.09. The summed E-state index contributed by atoms with van der Waals surface area (Å²) >= 11 is 3.99. The summed E-state index contributed by atoms with van der Waals surface area (Å²) in [5.74, 6) is -1.96. The molecule has 2 unspecified atom stereocenters. The van der Waals surface area contributed by atoms with Gasteiger partial charge in [0.25, 0.3) is 6.47 Å². The molecular weight excluding hydrogens is 364 g/mol. The maximum atomic E-state index is 12.2. The Morgan fingerprint density at radius 3 is 2.46 bits per heavy atom. The summed E-state index contributed by atoms with van der Waals surface area (Å²) in [5.41, 5.74) is -1.20. The van der Waals surface area contributed by atoms with E-state index in [1.165, 1.54) is 0 Å². The molecule has 10 nitrogen and oxygen atoms in total. The molecule has 0 radical (unpaired) electrons. The van der Waals surface area contributed by atoms with Crippen LogP contribution in [-0.2, 0) is 28.7 Å². The molecule has 0 aromatic carbocycles. The van der Waals surface area contributed by atoms with E-state index in [2.05, 4.69) is 38.6 Å². The Kier molecular flexibility index (Phi) is 8.90. The summed E-state index contributed by atoms with van der Waals surface area (Å²) in [6, 6.07) is -2.50. The van der Waals surface area contributed by atoms with Crippen LogP contribution in [0.15, 0.2) is 0 Å². The van der Waals surface area contributed by atoms with E-state index in [0.717, 1.165) is 0 Å². The second kappa shape index (κ2) is 10.6. The predicted octanol–water partition coefficient (Wildman–Crippen LogP) is -1.79. The molecular formula is C15H24N4O6S. The van der Waals surface area contributed by atoms with Gasteiger partial charge in [0.15, 0.2) is 11.5 Å². The minimum absolute atomic E-state index is 0.0208. The van der Waals surface area contributed by atoms with Gasteiger partial charge >= 0.3 is 0 Å². The van der Waals surface area contributed by atoms with Crippen molar-refractivity contribution in [2.45, 2.75) is 56.7 Å². The van der Waals surface area contributed by atoms with Crippen molar-refractivity contribution in [3.05, 3.63) is 0 Å². The molecule has 1 rings (SSSR count). The quantitative estimate of drug-likeness (QED) is 0.219. The summed E-state index contributed by atoms with van der Waals surface area (Å²) < 4.78 is 4.62. The number of carbonyl (C=O) groups is 5. The summed E-state index contributed by atoms with van der Waals surface area (Å²) in [6.45, 7) is 3.46. The number of carbonyl (C=O) groups excluding carboxylic acids is 5. The summed E-state index contributed by atoms with van der Waals surface area (Å²) in [4.78, 5) is 59.0. The van der Waals surface area contributed by atoms with Crippen LogP contribution >= 0.6 is 12.6 Å². The zero-order valence-electron chi connectivity index (χ0n) is 14.6. The Bertz CT molecular complexity index is 558. The molecule has 4 amide bonds. The second-order valence-corrected chi connectivity index (χ2v) is 6.36. The van der Waals surface area contributed by atoms with Gasteiger partial charge in [-0.15, -0.1) is 12.6 Å². The van der Waals surface area contributed by atoms with E-state index in [9.17, 15) is 24.0 Å². The predicted molar refractivity (Wildman–Crippen MR) is 93.9 cm³/mol. The fraction of sp³-hybridized carbons (Fsp3) is 0.667. The largest absolute Gasteiger partial charge is 0.451 e. The van der Waals surface area contributed by atoms with Crippen LogP contribution in [0.2, 0.25) is 0 Å². The molecule has 26 heavy (non-hydrogen) atoms. The van der Waals surface area contributed by atoms with E-state index < -0.39 is 47.2 Å². The molecule has 1 heterocycles. The summed E-state index contributed by atoms with van der Waals surface area (Å²) in [5, 5.41) is 10.1. The number of hydrogen-bond acceptors (Lipinski definition) is 7. The number of thiol groups is 1. The highest BCUT2D eigenvalue weighted by Crippen LogP contribution is 2.06. The van der Waals surface area contributed by atoms with E-state index >= 15 is 0 Å². The standard InChI is InChI=1S/C15H24N4O6S/c1-3-9-13(23)17-8(2)6-11(22)19-12(15(26)25-7-20)14(24)16-5-4-10(21)18-9/h7-9,12,15,26H,3-6H2,1-2H3,(H,16,24)(H,17,23)(H,18,21)(H,19,22)/t8?,9-,12?,15+/m0/s1. The van der Waals surface area contributed by atoms with Crippen molar-refractivity contribution in [3.8, 4) is 0 Å². The van der Waals surface area contributed by atoms with E-state index in [-0.39, 0.29) is 25.9 Å². The van der Waals surface area contributed by atoms with Gasteiger partial charge in [0, 0.05) is 25.4 Å². The Labute approximate surface area is 156 Å². The number of ether oxygens (including phenoxy) is 1. The van der Waals surface area contributed by atoms with Gasteiger partial charge in [-0.25, -0.2) is 0 Å². The maximum absolute atomic E-state index is 12.2. The van der Waals surface area contributed by atoms with E-state index in [1.54, 1.807) is 13.8 Å². The van der Waals surface area contributed by atoms with Crippen molar-refractivity contribution in [1.29, 1.82) is 0 Å². The zero-order chi connectivity index (χ0) is 19.7. The second-order valence-electron chi connectivity index (χ2n) is 5.85. The molecule has 4 N–H and O–H groups in total. The van der Waals surface area contributed by atoms with Crippen LogP contribution in [0.25, 0.3) is 0 Å². The van der Waals surface area contributed by atoms with Gasteiger partial charge in [-0.3, -0.25) is 24.0 Å². The minimum Gasteiger partial charge on any atom is -0.451 e. The van der Waals surface area contributed by atoms with Crippen molar-refractivity contribution >= 4 is 42.7 Å². The number of nitrogens with one attached hydrogen (secondary N) is 4. The van der Waals surface area contributed by atoms with Gasteiger partial charge < -0.3 is 26.0 Å². The third-order valence-electron chi connectivity index (χ3n) is 3.67. The first-order chi connectivity index (χ1) is 12.3. The van der Waals surface area contributed by atoms with Crippen LogP contribution in [0, 0.1) is 0 Å². The van der Waals surface area contributed by atoms with Crippen molar-refractivity contribution in [1.82, 2.24) is 21.3 Å². The van der Waals surface area contributed by atoms with Crippen LogP contribution in [0.4, 0.5) is 0 Å². The van der Waals surface area contributed by atoms with Crippen LogP contribution in [0.3, 0.4) is 0 Å². The highest BCUT2D eigenvalue weighted by Gasteiger charge is 2.30. The summed E-state index contributed by atoms with van der Waals surface area (Å²) in [6.07, 6.45) is 0.217. The average Bonchev–Trinajstić information content (AvgIpc) is 2.56. The Morgan fingerprint density at radius 1 is 1.15 bits per heavy atom. The summed E-state index contributed by atoms with van der Waals surface area (Å²) in [7, 11) is 0. The number of hydrogen-bond donors (Lipinski definition) is 5. The minimum atomic E-state index is -1.24. The normalized spacial score (nSPS) is 27.1. The molecule has 1 aliphatic rings. The number of rotatable bonds is 4. The monoisotopic (exact) mass is 388 g/mol. The molecule has 0 spiro atoms. The molecule has 0 aromatic heterocycles. The lowest BCUT2D eigenvalue weighted by Crippen LogP contribution is -2.55. The molecule has 4 atom stereocenters. The average molecular weight is 388 g/mol. The molecule has 1 aliphatic heterocycles. The highest BCUT2D eigenvalue weighted by atomic mass is 32.1. The van der Waals surface area contributed by atoms with Crippen molar-refractivity contribution in [2.75, 3.05) is 6.54 Å². The lowest BCUT2D eigenvalue weighted by atomic mass is 10.1. The van der Waals surface area contributed by atoms with Crippen molar-refractivity contribution in [2.24, 2.45) is 0 Å². The fourth-order valence-corrected chi connectivity index (χ4v) is 2.60. The van der Waals surface area contributed by atoms with Crippen molar-refractivity contribution < 1.29 is 28.7 Å². The van der Waals surface area contributed by atoms with Gasteiger partial charge in [-0.1, -0.05) is 6.92 Å².